The number of fused-ring (bicyclic) bond motifs is 4. The summed E-state index contributed by atoms with van der Waals surface area (Å²) < 4.78 is 0. The Labute approximate surface area is 188 Å². The highest BCUT2D eigenvalue weighted by molar-refractivity contribution is 6.00. The number of aromatic nitrogens is 1. The minimum absolute atomic E-state index is 0.0309. The van der Waals surface area contributed by atoms with Crippen LogP contribution in [0.25, 0.3) is 22.0 Å². The summed E-state index contributed by atoms with van der Waals surface area (Å²) in [7, 11) is 0. The van der Waals surface area contributed by atoms with Gasteiger partial charge in [0, 0.05) is 40.8 Å². The van der Waals surface area contributed by atoms with Crippen molar-refractivity contribution in [2.75, 3.05) is 0 Å². The molecule has 32 heavy (non-hydrogen) atoms. The summed E-state index contributed by atoms with van der Waals surface area (Å²) in [5.74, 6) is 0.0309. The molecule has 2 heterocycles. The first-order chi connectivity index (χ1) is 15.7. The number of carbonyl (C=O) groups excluding carboxylic acids is 1. The van der Waals surface area contributed by atoms with Crippen molar-refractivity contribution in [3.05, 3.63) is 94.7 Å². The molecule has 0 fully saturated rings. The fourth-order valence-electron chi connectivity index (χ4n) is 5.34. The summed E-state index contributed by atoms with van der Waals surface area (Å²) in [6.07, 6.45) is 3.43. The van der Waals surface area contributed by atoms with Crippen LogP contribution in [0.4, 0.5) is 0 Å². The lowest BCUT2D eigenvalue weighted by Crippen LogP contribution is -2.27. The van der Waals surface area contributed by atoms with Crippen molar-refractivity contribution in [3.8, 4) is 11.1 Å². The number of benzene rings is 3. The zero-order valence-electron chi connectivity index (χ0n) is 18.2. The first-order valence-electron chi connectivity index (χ1n) is 11.5. The van der Waals surface area contributed by atoms with E-state index in [9.17, 15) is 4.79 Å². The Morgan fingerprint density at radius 1 is 1.00 bits per heavy atom. The van der Waals surface area contributed by atoms with Crippen LogP contribution in [-0.2, 0) is 13.0 Å². The molecular formula is C28H27N3O. The van der Waals surface area contributed by atoms with E-state index in [0.29, 0.717) is 18.6 Å². The maximum absolute atomic E-state index is 12.1. The third-order valence-electron chi connectivity index (χ3n) is 7.09. The molecule has 0 saturated heterocycles. The van der Waals surface area contributed by atoms with Crippen LogP contribution < -0.4 is 10.6 Å². The molecule has 0 radical (unpaired) electrons. The van der Waals surface area contributed by atoms with Gasteiger partial charge in [0.15, 0.2) is 0 Å². The number of aryl methyl sites for hydroxylation is 1. The Balaban J connectivity index is 1.35. The van der Waals surface area contributed by atoms with E-state index < -0.39 is 0 Å². The SMILES string of the molecule is C[C@@H](N[C@@H]1CCCc2c1[nH]c1ccc(-c3ccc4c(c3)C(=O)NC4)cc21)c1ccccc1. The maximum Gasteiger partial charge on any atom is 0.251 e. The van der Waals surface area contributed by atoms with Crippen LogP contribution in [0.3, 0.4) is 0 Å². The molecule has 4 aromatic rings. The maximum atomic E-state index is 12.1. The van der Waals surface area contributed by atoms with E-state index in [-0.39, 0.29) is 5.91 Å². The molecule has 160 valence electrons. The zero-order valence-corrected chi connectivity index (χ0v) is 18.2. The van der Waals surface area contributed by atoms with Crippen LogP contribution in [0.15, 0.2) is 66.7 Å². The van der Waals surface area contributed by atoms with Gasteiger partial charge in [-0.1, -0.05) is 48.5 Å². The van der Waals surface area contributed by atoms with E-state index in [1.165, 1.54) is 34.1 Å². The highest BCUT2D eigenvalue weighted by atomic mass is 16.1. The summed E-state index contributed by atoms with van der Waals surface area (Å²) >= 11 is 0. The molecule has 2 aliphatic rings. The number of carbonyl (C=O) groups is 1. The summed E-state index contributed by atoms with van der Waals surface area (Å²) in [5.41, 5.74) is 9.43. The van der Waals surface area contributed by atoms with Gasteiger partial charge >= 0.3 is 0 Å². The summed E-state index contributed by atoms with van der Waals surface area (Å²) in [5, 5.41) is 8.07. The van der Waals surface area contributed by atoms with E-state index in [0.717, 1.165) is 35.1 Å². The quantitative estimate of drug-likeness (QED) is 0.390. The van der Waals surface area contributed by atoms with Crippen molar-refractivity contribution < 1.29 is 4.79 Å². The van der Waals surface area contributed by atoms with Gasteiger partial charge in [0.25, 0.3) is 5.91 Å². The lowest BCUT2D eigenvalue weighted by molar-refractivity contribution is 0.0966. The summed E-state index contributed by atoms with van der Waals surface area (Å²) in [6.45, 7) is 2.88. The van der Waals surface area contributed by atoms with Crippen LogP contribution in [0.1, 0.15) is 64.6 Å². The molecule has 4 nitrogen and oxygen atoms in total. The summed E-state index contributed by atoms with van der Waals surface area (Å²) in [4.78, 5) is 15.8. The minimum atomic E-state index is 0.0309. The van der Waals surface area contributed by atoms with E-state index >= 15 is 0 Å². The fourth-order valence-corrected chi connectivity index (χ4v) is 5.34. The standard InChI is InChI=1S/C28H27N3O/c1-17(18-6-3-2-4-7-18)30-26-9-5-8-22-24-15-20(12-13-25(24)31-27(22)26)19-10-11-21-16-29-28(32)23(21)14-19/h2-4,6-7,10-15,17,26,30-31H,5,8-9,16H2,1H3,(H,29,32)/t17-,26-/m1/s1. The van der Waals surface area contributed by atoms with E-state index in [1.54, 1.807) is 0 Å². The molecule has 1 aliphatic heterocycles. The zero-order chi connectivity index (χ0) is 21.7. The fraction of sp³-hybridized carbons (Fsp3) is 0.250. The van der Waals surface area contributed by atoms with E-state index in [4.69, 9.17) is 0 Å². The van der Waals surface area contributed by atoms with Crippen LogP contribution in [0.2, 0.25) is 0 Å². The Kier molecular flexibility index (Phi) is 4.62. The minimum Gasteiger partial charge on any atom is -0.357 e. The third-order valence-corrected chi connectivity index (χ3v) is 7.09. The number of rotatable bonds is 4. The van der Waals surface area contributed by atoms with Gasteiger partial charge in [0.2, 0.25) is 0 Å². The van der Waals surface area contributed by atoms with Gasteiger partial charge in [0.05, 0.1) is 0 Å². The second-order valence-electron chi connectivity index (χ2n) is 9.08. The Morgan fingerprint density at radius 3 is 2.69 bits per heavy atom. The van der Waals surface area contributed by atoms with Crippen molar-refractivity contribution >= 4 is 16.8 Å². The van der Waals surface area contributed by atoms with Crippen LogP contribution in [-0.4, -0.2) is 10.9 Å². The second kappa shape index (κ2) is 7.64. The predicted molar refractivity (Wildman–Crippen MR) is 129 cm³/mol. The highest BCUT2D eigenvalue weighted by Crippen LogP contribution is 2.38. The Morgan fingerprint density at radius 2 is 1.81 bits per heavy atom. The van der Waals surface area contributed by atoms with Crippen LogP contribution in [0.5, 0.6) is 0 Å². The normalized spacial score (nSPS) is 18.3. The molecule has 1 aromatic heterocycles. The Bertz CT molecular complexity index is 1320. The average molecular weight is 422 g/mol. The van der Waals surface area contributed by atoms with Crippen LogP contribution >= 0.6 is 0 Å². The third kappa shape index (κ3) is 3.23. The average Bonchev–Trinajstić information content (AvgIpc) is 3.40. The number of aromatic amines is 1. The molecule has 4 heteroatoms. The van der Waals surface area contributed by atoms with Crippen LogP contribution in [0, 0.1) is 0 Å². The monoisotopic (exact) mass is 421 g/mol. The molecule has 2 atom stereocenters. The van der Waals surface area contributed by atoms with Crippen molar-refractivity contribution in [1.29, 1.82) is 0 Å². The number of amides is 1. The van der Waals surface area contributed by atoms with Gasteiger partial charge in [-0.05, 0) is 72.2 Å². The largest absolute Gasteiger partial charge is 0.357 e. The molecule has 1 amide bonds. The van der Waals surface area contributed by atoms with Crippen molar-refractivity contribution in [1.82, 2.24) is 15.6 Å². The number of hydrogen-bond acceptors (Lipinski definition) is 2. The number of H-pyrrole nitrogens is 1. The second-order valence-corrected chi connectivity index (χ2v) is 9.08. The first kappa shape index (κ1) is 19.3. The molecular weight excluding hydrogens is 394 g/mol. The van der Waals surface area contributed by atoms with Gasteiger partial charge in [-0.3, -0.25) is 4.79 Å². The van der Waals surface area contributed by atoms with Gasteiger partial charge in [0.1, 0.15) is 0 Å². The lowest BCUT2D eigenvalue weighted by Gasteiger charge is -2.27. The molecule has 1 aliphatic carbocycles. The molecule has 3 aromatic carbocycles. The number of nitrogens with one attached hydrogen (secondary N) is 3. The van der Waals surface area contributed by atoms with Crippen molar-refractivity contribution in [2.24, 2.45) is 0 Å². The molecule has 0 saturated carbocycles. The van der Waals surface area contributed by atoms with Gasteiger partial charge < -0.3 is 15.6 Å². The topological polar surface area (TPSA) is 56.9 Å². The molecule has 3 N–H and O–H groups in total. The first-order valence-corrected chi connectivity index (χ1v) is 11.5. The van der Waals surface area contributed by atoms with E-state index in [2.05, 4.69) is 83.2 Å². The molecule has 6 rings (SSSR count). The predicted octanol–water partition coefficient (Wildman–Crippen LogP) is 5.81. The van der Waals surface area contributed by atoms with Crippen molar-refractivity contribution in [3.63, 3.8) is 0 Å². The highest BCUT2D eigenvalue weighted by Gasteiger charge is 2.26. The van der Waals surface area contributed by atoms with Gasteiger partial charge in [-0.15, -0.1) is 0 Å². The summed E-state index contributed by atoms with van der Waals surface area (Å²) in [6, 6.07) is 24.2. The lowest BCUT2D eigenvalue weighted by atomic mass is 9.90. The van der Waals surface area contributed by atoms with E-state index in [1.807, 2.05) is 6.07 Å². The molecule has 0 bridgehead atoms. The molecule has 0 unspecified atom stereocenters. The molecule has 0 spiro atoms. The van der Waals surface area contributed by atoms with Crippen molar-refractivity contribution in [2.45, 2.75) is 44.8 Å². The van der Waals surface area contributed by atoms with Gasteiger partial charge in [-0.25, -0.2) is 0 Å². The van der Waals surface area contributed by atoms with Gasteiger partial charge in [-0.2, -0.15) is 0 Å². The number of hydrogen-bond donors (Lipinski definition) is 3. The Hall–Kier alpha value is -3.37. The smallest absolute Gasteiger partial charge is 0.251 e.